The smallest absolute Gasteiger partial charge is 0.222 e. The van der Waals surface area contributed by atoms with Crippen LogP contribution in [0.5, 0.6) is 0 Å². The predicted octanol–water partition coefficient (Wildman–Crippen LogP) is 2.87. The highest BCUT2D eigenvalue weighted by atomic mass is 16.2. The van der Waals surface area contributed by atoms with E-state index in [1.807, 2.05) is 17.2 Å². The third-order valence-corrected chi connectivity index (χ3v) is 5.00. The van der Waals surface area contributed by atoms with Gasteiger partial charge in [0.2, 0.25) is 5.91 Å². The van der Waals surface area contributed by atoms with Crippen LogP contribution in [0.4, 0.5) is 5.82 Å². The van der Waals surface area contributed by atoms with Gasteiger partial charge in [0.25, 0.3) is 0 Å². The fourth-order valence-corrected chi connectivity index (χ4v) is 3.40. The maximum atomic E-state index is 12.3. The van der Waals surface area contributed by atoms with Crippen LogP contribution in [0, 0.1) is 5.92 Å². The minimum atomic E-state index is 0.312. The third-order valence-electron chi connectivity index (χ3n) is 5.00. The first kappa shape index (κ1) is 15.3. The van der Waals surface area contributed by atoms with Crippen molar-refractivity contribution in [3.05, 3.63) is 23.9 Å². The molecule has 0 aliphatic carbocycles. The van der Waals surface area contributed by atoms with Gasteiger partial charge in [-0.25, -0.2) is 4.98 Å². The van der Waals surface area contributed by atoms with Gasteiger partial charge >= 0.3 is 0 Å². The van der Waals surface area contributed by atoms with Crippen LogP contribution in [0.1, 0.15) is 44.6 Å². The van der Waals surface area contributed by atoms with E-state index in [9.17, 15) is 4.79 Å². The number of aromatic nitrogens is 1. The fourth-order valence-electron chi connectivity index (χ4n) is 3.40. The second-order valence-electron chi connectivity index (χ2n) is 6.78. The van der Waals surface area contributed by atoms with Crippen molar-refractivity contribution in [1.29, 1.82) is 0 Å². The number of anilines is 1. The van der Waals surface area contributed by atoms with Gasteiger partial charge in [0.15, 0.2) is 0 Å². The molecule has 2 saturated heterocycles. The lowest BCUT2D eigenvalue weighted by atomic mass is 9.99. The molecule has 1 aromatic heterocycles. The number of carbonyl (C=O) groups excluding carboxylic acids is 1. The normalized spacial score (nSPS) is 19.7. The largest absolute Gasteiger partial charge is 0.357 e. The van der Waals surface area contributed by atoms with Crippen LogP contribution in [-0.2, 0) is 11.2 Å². The van der Waals surface area contributed by atoms with Gasteiger partial charge < -0.3 is 9.80 Å². The summed E-state index contributed by atoms with van der Waals surface area (Å²) in [7, 11) is 0. The molecular formula is C18H27N3O. The molecular weight excluding hydrogens is 274 g/mol. The van der Waals surface area contributed by atoms with E-state index in [1.54, 1.807) is 0 Å². The SMILES string of the molecule is CC1CCN(C(=O)CCc2ccnc(N3CCCC3)c2)CC1. The van der Waals surface area contributed by atoms with Gasteiger partial charge in [0.05, 0.1) is 0 Å². The standard InChI is InChI=1S/C18H27N3O/c1-15-7-12-21(13-8-15)18(22)5-4-16-6-9-19-17(14-16)20-10-2-3-11-20/h6,9,14-15H,2-5,7-8,10-13H2,1H3. The lowest BCUT2D eigenvalue weighted by Crippen LogP contribution is -2.38. The summed E-state index contributed by atoms with van der Waals surface area (Å²) in [6, 6.07) is 4.21. The van der Waals surface area contributed by atoms with Crippen LogP contribution in [0.15, 0.2) is 18.3 Å². The maximum absolute atomic E-state index is 12.3. The minimum Gasteiger partial charge on any atom is -0.357 e. The summed E-state index contributed by atoms with van der Waals surface area (Å²) >= 11 is 0. The first-order valence-corrected chi connectivity index (χ1v) is 8.70. The molecule has 3 rings (SSSR count). The highest BCUT2D eigenvalue weighted by Gasteiger charge is 2.20. The molecule has 4 nitrogen and oxygen atoms in total. The maximum Gasteiger partial charge on any atom is 0.222 e. The number of nitrogens with zero attached hydrogens (tertiary/aromatic N) is 3. The Morgan fingerprint density at radius 2 is 1.95 bits per heavy atom. The van der Waals surface area contributed by atoms with Crippen molar-refractivity contribution >= 4 is 11.7 Å². The van der Waals surface area contributed by atoms with Crippen LogP contribution >= 0.6 is 0 Å². The van der Waals surface area contributed by atoms with E-state index in [1.165, 1.54) is 18.4 Å². The van der Waals surface area contributed by atoms with Crippen molar-refractivity contribution in [3.8, 4) is 0 Å². The number of hydrogen-bond donors (Lipinski definition) is 0. The van der Waals surface area contributed by atoms with Gasteiger partial charge in [-0.2, -0.15) is 0 Å². The molecule has 120 valence electrons. The van der Waals surface area contributed by atoms with E-state index < -0.39 is 0 Å². The highest BCUT2D eigenvalue weighted by molar-refractivity contribution is 5.76. The molecule has 0 bridgehead atoms. The summed E-state index contributed by atoms with van der Waals surface area (Å²) < 4.78 is 0. The van der Waals surface area contributed by atoms with Crippen LogP contribution in [-0.4, -0.2) is 42.0 Å². The number of amides is 1. The van der Waals surface area contributed by atoms with E-state index in [-0.39, 0.29) is 0 Å². The second kappa shape index (κ2) is 7.12. The summed E-state index contributed by atoms with van der Waals surface area (Å²) in [6.07, 6.45) is 8.16. The van der Waals surface area contributed by atoms with Crippen molar-refractivity contribution in [2.75, 3.05) is 31.1 Å². The molecule has 0 aromatic carbocycles. The molecule has 2 aliphatic heterocycles. The zero-order valence-corrected chi connectivity index (χ0v) is 13.6. The summed E-state index contributed by atoms with van der Waals surface area (Å²) in [5, 5.41) is 0. The third kappa shape index (κ3) is 3.79. The Hall–Kier alpha value is -1.58. The monoisotopic (exact) mass is 301 g/mol. The zero-order valence-electron chi connectivity index (χ0n) is 13.6. The molecule has 2 fully saturated rings. The van der Waals surface area contributed by atoms with Gasteiger partial charge in [-0.3, -0.25) is 4.79 Å². The summed E-state index contributed by atoms with van der Waals surface area (Å²) in [5.41, 5.74) is 1.23. The van der Waals surface area contributed by atoms with E-state index >= 15 is 0 Å². The van der Waals surface area contributed by atoms with Crippen LogP contribution < -0.4 is 4.90 Å². The Kier molecular flexibility index (Phi) is 4.96. The number of piperidine rings is 1. The molecule has 1 amide bonds. The number of carbonyl (C=O) groups is 1. The van der Waals surface area contributed by atoms with Crippen LogP contribution in [0.2, 0.25) is 0 Å². The van der Waals surface area contributed by atoms with E-state index in [4.69, 9.17) is 0 Å². The molecule has 0 spiro atoms. The lowest BCUT2D eigenvalue weighted by molar-refractivity contribution is -0.132. The molecule has 1 aromatic rings. The Morgan fingerprint density at radius 1 is 1.23 bits per heavy atom. The predicted molar refractivity (Wildman–Crippen MR) is 89.0 cm³/mol. The summed E-state index contributed by atoms with van der Waals surface area (Å²) in [4.78, 5) is 21.2. The van der Waals surface area contributed by atoms with Crippen molar-refractivity contribution < 1.29 is 4.79 Å². The summed E-state index contributed by atoms with van der Waals surface area (Å²) in [6.45, 7) is 6.38. The Morgan fingerprint density at radius 3 is 2.68 bits per heavy atom. The van der Waals surface area contributed by atoms with Crippen LogP contribution in [0.3, 0.4) is 0 Å². The topological polar surface area (TPSA) is 36.4 Å². The van der Waals surface area contributed by atoms with Gasteiger partial charge in [0, 0.05) is 38.8 Å². The molecule has 3 heterocycles. The molecule has 22 heavy (non-hydrogen) atoms. The number of aryl methyl sites for hydroxylation is 1. The first-order chi connectivity index (χ1) is 10.7. The quantitative estimate of drug-likeness (QED) is 0.858. The van der Waals surface area contributed by atoms with Crippen LogP contribution in [0.25, 0.3) is 0 Å². The number of pyridine rings is 1. The van der Waals surface area contributed by atoms with E-state index in [0.717, 1.165) is 57.2 Å². The lowest BCUT2D eigenvalue weighted by Gasteiger charge is -2.30. The van der Waals surface area contributed by atoms with Crippen molar-refractivity contribution in [2.45, 2.75) is 45.4 Å². The fraction of sp³-hybridized carbons (Fsp3) is 0.667. The average Bonchev–Trinajstić information content (AvgIpc) is 3.08. The van der Waals surface area contributed by atoms with Gasteiger partial charge in [-0.15, -0.1) is 0 Å². The van der Waals surface area contributed by atoms with Crippen molar-refractivity contribution in [1.82, 2.24) is 9.88 Å². The van der Waals surface area contributed by atoms with E-state index in [0.29, 0.717) is 12.3 Å². The molecule has 2 aliphatic rings. The zero-order chi connectivity index (χ0) is 15.4. The van der Waals surface area contributed by atoms with Gasteiger partial charge in [-0.05, 0) is 55.7 Å². The van der Waals surface area contributed by atoms with Crippen molar-refractivity contribution in [3.63, 3.8) is 0 Å². The highest BCUT2D eigenvalue weighted by Crippen LogP contribution is 2.20. The second-order valence-corrected chi connectivity index (χ2v) is 6.78. The molecule has 0 saturated carbocycles. The summed E-state index contributed by atoms with van der Waals surface area (Å²) in [5.74, 6) is 2.16. The molecule has 0 N–H and O–H groups in total. The van der Waals surface area contributed by atoms with Gasteiger partial charge in [0.1, 0.15) is 5.82 Å². The number of likely N-dealkylation sites (tertiary alicyclic amines) is 1. The molecule has 0 radical (unpaired) electrons. The Balaban J connectivity index is 1.52. The first-order valence-electron chi connectivity index (χ1n) is 8.70. The van der Waals surface area contributed by atoms with E-state index in [2.05, 4.69) is 22.9 Å². The Bertz CT molecular complexity index is 503. The van der Waals surface area contributed by atoms with Crippen molar-refractivity contribution in [2.24, 2.45) is 5.92 Å². The number of hydrogen-bond acceptors (Lipinski definition) is 3. The minimum absolute atomic E-state index is 0.312. The average molecular weight is 301 g/mol. The van der Waals surface area contributed by atoms with Gasteiger partial charge in [-0.1, -0.05) is 6.92 Å². The number of rotatable bonds is 4. The molecule has 0 unspecified atom stereocenters. The Labute approximate surface area is 133 Å². The molecule has 4 heteroatoms. The molecule has 0 atom stereocenters.